The van der Waals surface area contributed by atoms with Crippen LogP contribution >= 0.6 is 11.3 Å². The van der Waals surface area contributed by atoms with Crippen LogP contribution in [-0.4, -0.2) is 6.21 Å². The highest BCUT2D eigenvalue weighted by atomic mass is 32.1. The summed E-state index contributed by atoms with van der Waals surface area (Å²) in [6.45, 7) is 0. The second-order valence-corrected chi connectivity index (χ2v) is 4.44. The van der Waals surface area contributed by atoms with Crippen molar-refractivity contribution >= 4 is 23.2 Å². The van der Waals surface area contributed by atoms with Crippen LogP contribution in [0.2, 0.25) is 0 Å². The maximum atomic E-state index is 12.3. The molecule has 0 fully saturated rings. The molecule has 94 valence electrons. The second-order valence-electron chi connectivity index (χ2n) is 3.46. The number of rotatable bonds is 3. The topological polar surface area (TPSA) is 24.4 Å². The van der Waals surface area contributed by atoms with Crippen LogP contribution < -0.4 is 5.43 Å². The molecular weight excluding hydrogens is 261 g/mol. The second kappa shape index (κ2) is 5.22. The van der Waals surface area contributed by atoms with Gasteiger partial charge in [0.25, 0.3) is 0 Å². The average molecular weight is 270 g/mol. The van der Waals surface area contributed by atoms with Gasteiger partial charge in [-0.25, -0.2) is 0 Å². The first-order valence-corrected chi connectivity index (χ1v) is 5.93. The van der Waals surface area contributed by atoms with Gasteiger partial charge in [0, 0.05) is 4.88 Å². The summed E-state index contributed by atoms with van der Waals surface area (Å²) < 4.78 is 36.9. The number of hydrogen-bond donors (Lipinski definition) is 1. The van der Waals surface area contributed by atoms with Gasteiger partial charge in [0.2, 0.25) is 0 Å². The van der Waals surface area contributed by atoms with Gasteiger partial charge in [0.05, 0.1) is 17.5 Å². The Bertz CT molecular complexity index is 515. The van der Waals surface area contributed by atoms with E-state index in [4.69, 9.17) is 0 Å². The fourth-order valence-corrected chi connectivity index (χ4v) is 1.85. The van der Waals surface area contributed by atoms with E-state index in [2.05, 4.69) is 10.5 Å². The van der Waals surface area contributed by atoms with Crippen molar-refractivity contribution in [3.8, 4) is 0 Å². The molecule has 1 aromatic heterocycles. The van der Waals surface area contributed by atoms with Crippen LogP contribution in [0.25, 0.3) is 0 Å². The predicted molar refractivity (Wildman–Crippen MR) is 67.0 cm³/mol. The van der Waals surface area contributed by atoms with Crippen LogP contribution in [0.3, 0.4) is 0 Å². The Labute approximate surface area is 106 Å². The van der Waals surface area contributed by atoms with Crippen molar-refractivity contribution in [2.75, 3.05) is 5.43 Å². The van der Waals surface area contributed by atoms with Gasteiger partial charge < -0.3 is 0 Å². The summed E-state index contributed by atoms with van der Waals surface area (Å²) >= 11 is 1.53. The predicted octanol–water partition coefficient (Wildman–Crippen LogP) is 4.21. The molecule has 2 rings (SSSR count). The quantitative estimate of drug-likeness (QED) is 0.655. The maximum absolute atomic E-state index is 12.3. The zero-order valence-corrected chi connectivity index (χ0v) is 9.92. The molecule has 0 bridgehead atoms. The smallest absolute Gasteiger partial charge is 0.278 e. The van der Waals surface area contributed by atoms with Gasteiger partial charge in [-0.15, -0.1) is 11.3 Å². The van der Waals surface area contributed by atoms with Gasteiger partial charge in [-0.1, -0.05) is 6.07 Å². The number of hydrazone groups is 1. The Hall–Kier alpha value is -1.82. The normalized spacial score (nSPS) is 11.9. The molecule has 0 saturated heterocycles. The van der Waals surface area contributed by atoms with Crippen molar-refractivity contribution in [1.29, 1.82) is 0 Å². The Kier molecular flexibility index (Phi) is 3.66. The van der Waals surface area contributed by atoms with Gasteiger partial charge in [-0.2, -0.15) is 18.3 Å². The molecule has 0 atom stereocenters. The first-order valence-electron chi connectivity index (χ1n) is 5.05. The molecule has 1 N–H and O–H groups in total. The van der Waals surface area contributed by atoms with Crippen LogP contribution in [0, 0.1) is 0 Å². The summed E-state index contributed by atoms with van der Waals surface area (Å²) in [7, 11) is 0. The Morgan fingerprint density at radius 2 is 1.83 bits per heavy atom. The third-order valence-electron chi connectivity index (χ3n) is 2.14. The molecule has 0 aliphatic rings. The largest absolute Gasteiger partial charge is 0.416 e. The number of anilines is 1. The molecule has 2 aromatic rings. The third-order valence-corrected chi connectivity index (χ3v) is 2.95. The SMILES string of the molecule is FC(F)(F)c1ccc(N/N=C\c2cccs2)cc1. The molecule has 0 unspecified atom stereocenters. The van der Waals surface area contributed by atoms with E-state index in [1.54, 1.807) is 6.21 Å². The molecule has 6 heteroatoms. The monoisotopic (exact) mass is 270 g/mol. The molecule has 0 saturated carbocycles. The van der Waals surface area contributed by atoms with E-state index in [1.807, 2.05) is 17.5 Å². The van der Waals surface area contributed by atoms with Crippen LogP contribution in [-0.2, 0) is 6.18 Å². The summed E-state index contributed by atoms with van der Waals surface area (Å²) in [5, 5.41) is 5.85. The van der Waals surface area contributed by atoms with Crippen molar-refractivity contribution in [1.82, 2.24) is 0 Å². The van der Waals surface area contributed by atoms with Gasteiger partial charge in [0.1, 0.15) is 0 Å². The average Bonchev–Trinajstić information content (AvgIpc) is 2.82. The number of hydrogen-bond acceptors (Lipinski definition) is 3. The minimum absolute atomic E-state index is 0.510. The summed E-state index contributed by atoms with van der Waals surface area (Å²) in [4.78, 5) is 0.967. The summed E-state index contributed by atoms with van der Waals surface area (Å²) in [5.41, 5.74) is 2.51. The molecule has 1 heterocycles. The molecule has 0 aliphatic heterocycles. The molecule has 0 aliphatic carbocycles. The lowest BCUT2D eigenvalue weighted by Crippen LogP contribution is -2.04. The number of benzene rings is 1. The standard InChI is InChI=1S/C12H9F3N2S/c13-12(14,15)9-3-5-10(6-4-9)17-16-8-11-2-1-7-18-11/h1-8,17H/b16-8-. The first kappa shape index (κ1) is 12.6. The van der Waals surface area contributed by atoms with Crippen molar-refractivity contribution < 1.29 is 13.2 Å². The molecule has 0 radical (unpaired) electrons. The Morgan fingerprint density at radius 3 is 2.39 bits per heavy atom. The van der Waals surface area contributed by atoms with Crippen molar-refractivity contribution in [3.05, 3.63) is 52.2 Å². The third kappa shape index (κ3) is 3.33. The highest BCUT2D eigenvalue weighted by molar-refractivity contribution is 7.11. The van der Waals surface area contributed by atoms with Gasteiger partial charge in [-0.3, -0.25) is 5.43 Å². The molecule has 1 aromatic carbocycles. The van der Waals surface area contributed by atoms with Crippen molar-refractivity contribution in [3.63, 3.8) is 0 Å². The number of nitrogens with zero attached hydrogens (tertiary/aromatic N) is 1. The van der Waals surface area contributed by atoms with E-state index < -0.39 is 11.7 Å². The van der Waals surface area contributed by atoms with Crippen LogP contribution in [0.15, 0.2) is 46.9 Å². The van der Waals surface area contributed by atoms with E-state index in [9.17, 15) is 13.2 Å². The highest BCUT2D eigenvalue weighted by Crippen LogP contribution is 2.29. The van der Waals surface area contributed by atoms with Gasteiger partial charge in [0.15, 0.2) is 0 Å². The molecule has 2 nitrogen and oxygen atoms in total. The zero-order valence-electron chi connectivity index (χ0n) is 9.11. The fourth-order valence-electron chi connectivity index (χ4n) is 1.27. The van der Waals surface area contributed by atoms with Gasteiger partial charge in [-0.05, 0) is 35.7 Å². The highest BCUT2D eigenvalue weighted by Gasteiger charge is 2.29. The molecule has 0 amide bonds. The van der Waals surface area contributed by atoms with Crippen LogP contribution in [0.4, 0.5) is 18.9 Å². The molecular formula is C12H9F3N2S. The fraction of sp³-hybridized carbons (Fsp3) is 0.0833. The van der Waals surface area contributed by atoms with Crippen LogP contribution in [0.5, 0.6) is 0 Å². The number of alkyl halides is 3. The van der Waals surface area contributed by atoms with Gasteiger partial charge >= 0.3 is 6.18 Å². The molecule has 18 heavy (non-hydrogen) atoms. The molecule has 0 spiro atoms. The van der Waals surface area contributed by atoms with E-state index in [0.29, 0.717) is 5.69 Å². The van der Waals surface area contributed by atoms with E-state index in [0.717, 1.165) is 17.0 Å². The number of halogens is 3. The zero-order chi connectivity index (χ0) is 13.0. The van der Waals surface area contributed by atoms with Crippen LogP contribution in [0.1, 0.15) is 10.4 Å². The summed E-state index contributed by atoms with van der Waals surface area (Å²) in [5.74, 6) is 0. The van der Waals surface area contributed by atoms with E-state index in [-0.39, 0.29) is 0 Å². The minimum atomic E-state index is -4.31. The minimum Gasteiger partial charge on any atom is -0.278 e. The number of nitrogens with one attached hydrogen (secondary N) is 1. The lowest BCUT2D eigenvalue weighted by molar-refractivity contribution is -0.137. The van der Waals surface area contributed by atoms with Crippen molar-refractivity contribution in [2.45, 2.75) is 6.18 Å². The lowest BCUT2D eigenvalue weighted by Gasteiger charge is -2.06. The Balaban J connectivity index is 1.99. The lowest BCUT2D eigenvalue weighted by atomic mass is 10.2. The van der Waals surface area contributed by atoms with Crippen molar-refractivity contribution in [2.24, 2.45) is 5.10 Å². The summed E-state index contributed by atoms with van der Waals surface area (Å²) in [6, 6.07) is 8.50. The number of thiophene rings is 1. The Morgan fingerprint density at radius 1 is 1.11 bits per heavy atom. The maximum Gasteiger partial charge on any atom is 0.416 e. The first-order chi connectivity index (χ1) is 8.55. The summed E-state index contributed by atoms with van der Waals surface area (Å²) in [6.07, 6.45) is -2.69. The van der Waals surface area contributed by atoms with E-state index in [1.165, 1.54) is 23.5 Å². The van der Waals surface area contributed by atoms with E-state index >= 15 is 0 Å².